The summed E-state index contributed by atoms with van der Waals surface area (Å²) in [6.45, 7) is 7.43. The first-order chi connectivity index (χ1) is 11.5. The molecule has 132 valence electrons. The molecule has 0 unspecified atom stereocenters. The quantitative estimate of drug-likeness (QED) is 0.813. The first-order valence-corrected chi connectivity index (χ1v) is 8.68. The fourth-order valence-electron chi connectivity index (χ4n) is 3.08. The third-order valence-electron chi connectivity index (χ3n) is 4.33. The maximum atomic E-state index is 12.9. The number of rotatable bonds is 6. The molecule has 1 aliphatic rings. The summed E-state index contributed by atoms with van der Waals surface area (Å²) in [6.07, 6.45) is 1.82. The van der Waals surface area contributed by atoms with Gasteiger partial charge in [0.15, 0.2) is 0 Å². The molecular formula is C19H28N2O3. The van der Waals surface area contributed by atoms with Crippen molar-refractivity contribution in [2.75, 3.05) is 26.7 Å². The van der Waals surface area contributed by atoms with Gasteiger partial charge in [0.05, 0.1) is 12.7 Å². The number of methoxy groups -OCH3 is 1. The van der Waals surface area contributed by atoms with Crippen molar-refractivity contribution in [3.05, 3.63) is 35.4 Å². The Labute approximate surface area is 144 Å². The molecule has 1 aliphatic heterocycles. The number of nitrogens with zero attached hydrogens (tertiary/aromatic N) is 1. The number of carbonyl (C=O) groups excluding carboxylic acids is 2. The lowest BCUT2D eigenvalue weighted by Gasteiger charge is -2.31. The number of piperidine rings is 1. The van der Waals surface area contributed by atoms with Gasteiger partial charge in [0, 0.05) is 19.0 Å². The summed E-state index contributed by atoms with van der Waals surface area (Å²) in [5, 5.41) is 3.31. The molecule has 0 radical (unpaired) electrons. The zero-order valence-electron chi connectivity index (χ0n) is 14.9. The van der Waals surface area contributed by atoms with Gasteiger partial charge in [-0.3, -0.25) is 4.79 Å². The third-order valence-corrected chi connectivity index (χ3v) is 4.33. The molecule has 0 saturated carbocycles. The second-order valence-electron chi connectivity index (χ2n) is 6.83. The van der Waals surface area contributed by atoms with Gasteiger partial charge >= 0.3 is 5.97 Å². The van der Waals surface area contributed by atoms with E-state index in [1.54, 1.807) is 12.1 Å². The summed E-state index contributed by atoms with van der Waals surface area (Å²) in [4.78, 5) is 26.4. The van der Waals surface area contributed by atoms with Gasteiger partial charge in [-0.25, -0.2) is 4.79 Å². The maximum Gasteiger partial charge on any atom is 0.337 e. The fraction of sp³-hybridized carbons (Fsp3) is 0.579. The summed E-state index contributed by atoms with van der Waals surface area (Å²) in [6, 6.07) is 7.30. The number of amides is 1. The van der Waals surface area contributed by atoms with Crippen LogP contribution in [0.2, 0.25) is 0 Å². The summed E-state index contributed by atoms with van der Waals surface area (Å²) in [7, 11) is 1.37. The van der Waals surface area contributed by atoms with E-state index in [0.717, 1.165) is 38.0 Å². The zero-order chi connectivity index (χ0) is 17.5. The van der Waals surface area contributed by atoms with E-state index in [2.05, 4.69) is 19.2 Å². The standard InChI is InChI=1S/C19H28N2O3/c1-14(2)12-21(18(22)16-8-10-20-11-9-16)13-15-4-6-17(7-5-15)19(23)24-3/h4-7,14,16,20H,8-13H2,1-3H3. The summed E-state index contributed by atoms with van der Waals surface area (Å²) in [5.74, 6) is 0.456. The van der Waals surface area contributed by atoms with Crippen LogP contribution in [0.4, 0.5) is 0 Å². The second-order valence-corrected chi connectivity index (χ2v) is 6.83. The largest absolute Gasteiger partial charge is 0.465 e. The first kappa shape index (κ1) is 18.5. The molecule has 0 spiro atoms. The van der Waals surface area contributed by atoms with Gasteiger partial charge in [-0.2, -0.15) is 0 Å². The zero-order valence-corrected chi connectivity index (χ0v) is 14.9. The van der Waals surface area contributed by atoms with Crippen LogP contribution in [-0.4, -0.2) is 43.5 Å². The van der Waals surface area contributed by atoms with Crippen molar-refractivity contribution in [3.8, 4) is 0 Å². The highest BCUT2D eigenvalue weighted by Gasteiger charge is 2.26. The van der Waals surface area contributed by atoms with E-state index in [-0.39, 0.29) is 17.8 Å². The van der Waals surface area contributed by atoms with E-state index in [9.17, 15) is 9.59 Å². The van der Waals surface area contributed by atoms with Crippen LogP contribution in [0.5, 0.6) is 0 Å². The summed E-state index contributed by atoms with van der Waals surface area (Å²) >= 11 is 0. The number of nitrogens with one attached hydrogen (secondary N) is 1. The van der Waals surface area contributed by atoms with Crippen molar-refractivity contribution in [2.24, 2.45) is 11.8 Å². The van der Waals surface area contributed by atoms with Crippen LogP contribution >= 0.6 is 0 Å². The number of ether oxygens (including phenoxy) is 1. The number of esters is 1. The fourth-order valence-corrected chi connectivity index (χ4v) is 3.08. The minimum atomic E-state index is -0.341. The molecular weight excluding hydrogens is 304 g/mol. The van der Waals surface area contributed by atoms with Gasteiger partial charge in [0.25, 0.3) is 0 Å². The van der Waals surface area contributed by atoms with Crippen molar-refractivity contribution >= 4 is 11.9 Å². The van der Waals surface area contributed by atoms with Gasteiger partial charge in [-0.15, -0.1) is 0 Å². The number of benzene rings is 1. The molecule has 5 heteroatoms. The Kier molecular flexibility index (Phi) is 6.79. The van der Waals surface area contributed by atoms with Crippen LogP contribution in [0.3, 0.4) is 0 Å². The molecule has 1 N–H and O–H groups in total. The lowest BCUT2D eigenvalue weighted by Crippen LogP contribution is -2.42. The van der Waals surface area contributed by atoms with Crippen molar-refractivity contribution in [1.29, 1.82) is 0 Å². The monoisotopic (exact) mass is 332 g/mol. The van der Waals surface area contributed by atoms with Gasteiger partial charge < -0.3 is 15.0 Å². The minimum Gasteiger partial charge on any atom is -0.465 e. The smallest absolute Gasteiger partial charge is 0.337 e. The van der Waals surface area contributed by atoms with Crippen molar-refractivity contribution in [2.45, 2.75) is 33.2 Å². The molecule has 0 aliphatic carbocycles. The van der Waals surface area contributed by atoms with Crippen molar-refractivity contribution in [3.63, 3.8) is 0 Å². The van der Waals surface area contributed by atoms with E-state index >= 15 is 0 Å². The molecule has 5 nitrogen and oxygen atoms in total. The molecule has 1 heterocycles. The molecule has 1 saturated heterocycles. The molecule has 0 atom stereocenters. The predicted molar refractivity (Wildman–Crippen MR) is 93.6 cm³/mol. The van der Waals surface area contributed by atoms with Crippen molar-refractivity contribution < 1.29 is 14.3 Å². The average Bonchev–Trinajstić information content (AvgIpc) is 2.61. The maximum absolute atomic E-state index is 12.9. The topological polar surface area (TPSA) is 58.6 Å². The number of hydrogen-bond donors (Lipinski definition) is 1. The van der Waals surface area contributed by atoms with Crippen LogP contribution < -0.4 is 5.32 Å². The Balaban J connectivity index is 2.07. The van der Waals surface area contributed by atoms with Gasteiger partial charge in [-0.1, -0.05) is 26.0 Å². The minimum absolute atomic E-state index is 0.124. The number of hydrogen-bond acceptors (Lipinski definition) is 4. The lowest BCUT2D eigenvalue weighted by atomic mass is 9.95. The molecule has 2 rings (SSSR count). The third kappa shape index (κ3) is 5.06. The Bertz CT molecular complexity index is 548. The summed E-state index contributed by atoms with van der Waals surface area (Å²) < 4.78 is 4.72. The van der Waals surface area contributed by atoms with Crippen LogP contribution in [0.1, 0.15) is 42.6 Å². The molecule has 1 aromatic carbocycles. The average molecular weight is 332 g/mol. The van der Waals surface area contributed by atoms with Crippen LogP contribution in [-0.2, 0) is 16.1 Å². The van der Waals surface area contributed by atoms with Gasteiger partial charge in [0.1, 0.15) is 0 Å². The number of carbonyl (C=O) groups is 2. The van der Waals surface area contributed by atoms with Crippen LogP contribution in [0.15, 0.2) is 24.3 Å². The summed E-state index contributed by atoms with van der Waals surface area (Å²) in [5.41, 5.74) is 1.56. The molecule has 1 fully saturated rings. The first-order valence-electron chi connectivity index (χ1n) is 8.68. The van der Waals surface area contributed by atoms with E-state index in [1.165, 1.54) is 7.11 Å². The van der Waals surface area contributed by atoms with Gasteiger partial charge in [-0.05, 0) is 49.5 Å². The van der Waals surface area contributed by atoms with E-state index in [1.807, 2.05) is 17.0 Å². The highest BCUT2D eigenvalue weighted by Crippen LogP contribution is 2.18. The highest BCUT2D eigenvalue weighted by atomic mass is 16.5. The Morgan fingerprint density at radius 1 is 1.21 bits per heavy atom. The van der Waals surface area contributed by atoms with E-state index < -0.39 is 0 Å². The van der Waals surface area contributed by atoms with E-state index in [0.29, 0.717) is 18.0 Å². The Morgan fingerprint density at radius 2 is 1.83 bits per heavy atom. The molecule has 24 heavy (non-hydrogen) atoms. The van der Waals surface area contributed by atoms with Crippen LogP contribution in [0, 0.1) is 11.8 Å². The van der Waals surface area contributed by atoms with E-state index in [4.69, 9.17) is 4.74 Å². The SMILES string of the molecule is COC(=O)c1ccc(CN(CC(C)C)C(=O)C2CCNCC2)cc1. The predicted octanol–water partition coefficient (Wildman–Crippen LogP) is 2.46. The molecule has 1 amide bonds. The second kappa shape index (κ2) is 8.83. The lowest BCUT2D eigenvalue weighted by molar-refractivity contribution is -0.137. The van der Waals surface area contributed by atoms with Gasteiger partial charge in [0.2, 0.25) is 5.91 Å². The van der Waals surface area contributed by atoms with Crippen molar-refractivity contribution in [1.82, 2.24) is 10.2 Å². The van der Waals surface area contributed by atoms with Crippen LogP contribution in [0.25, 0.3) is 0 Å². The Morgan fingerprint density at radius 3 is 2.38 bits per heavy atom. The molecule has 1 aromatic rings. The highest BCUT2D eigenvalue weighted by molar-refractivity contribution is 5.89. The normalized spacial score (nSPS) is 15.3. The Hall–Kier alpha value is -1.88. The molecule has 0 bridgehead atoms. The molecule has 0 aromatic heterocycles.